The van der Waals surface area contributed by atoms with Crippen molar-refractivity contribution in [3.05, 3.63) is 100 Å². The third-order valence-electron chi connectivity index (χ3n) is 8.16. The van der Waals surface area contributed by atoms with Gasteiger partial charge >= 0.3 is 0 Å². The van der Waals surface area contributed by atoms with Gasteiger partial charge in [0.15, 0.2) is 17.3 Å². The zero-order valence-electron chi connectivity index (χ0n) is 24.7. The van der Waals surface area contributed by atoms with Crippen molar-refractivity contribution < 1.29 is 13.9 Å². The summed E-state index contributed by atoms with van der Waals surface area (Å²) in [5.41, 5.74) is 1.77. The molecule has 0 spiro atoms. The van der Waals surface area contributed by atoms with Gasteiger partial charge in [0.1, 0.15) is 16.8 Å². The molecule has 1 amide bonds. The van der Waals surface area contributed by atoms with E-state index < -0.39 is 17.2 Å². The van der Waals surface area contributed by atoms with Crippen LogP contribution in [0.25, 0.3) is 16.6 Å². The van der Waals surface area contributed by atoms with Gasteiger partial charge in [0.05, 0.1) is 17.8 Å². The van der Waals surface area contributed by atoms with Crippen LogP contribution in [-0.2, 0) is 0 Å². The van der Waals surface area contributed by atoms with E-state index in [1.165, 1.54) is 6.07 Å². The van der Waals surface area contributed by atoms with E-state index >= 15 is 4.39 Å². The average Bonchev–Trinajstić information content (AvgIpc) is 3.33. The van der Waals surface area contributed by atoms with Gasteiger partial charge in [-0.15, -0.1) is 0 Å². The van der Waals surface area contributed by atoms with Gasteiger partial charge in [-0.05, 0) is 43.1 Å². The summed E-state index contributed by atoms with van der Waals surface area (Å²) in [6.45, 7) is 6.21. The monoisotopic (exact) mass is 583 g/mol. The van der Waals surface area contributed by atoms with Gasteiger partial charge in [-0.1, -0.05) is 57.1 Å². The van der Waals surface area contributed by atoms with E-state index in [0.717, 1.165) is 50.9 Å². The number of pyridine rings is 1. The number of ether oxygens (including phenoxy) is 1. The molecule has 1 aromatic carbocycles. The molecule has 2 bridgehead atoms. The van der Waals surface area contributed by atoms with Gasteiger partial charge in [0.25, 0.3) is 5.91 Å². The summed E-state index contributed by atoms with van der Waals surface area (Å²) in [6.07, 6.45) is 23.8. The number of anilines is 1. The smallest absolute Gasteiger partial charge is 0.257 e. The number of aromatic nitrogens is 1. The minimum absolute atomic E-state index is 0.0123. The lowest BCUT2D eigenvalue weighted by Crippen LogP contribution is -2.38. The average molecular weight is 584 g/mol. The number of allylic oxidation sites excluding steroid dienone is 9. The SMILES string of the molecule is CCCC(CCC)NC(=O)c1cn2c3c(c(NCCCN4C=CNC4)c(F)cc3c1=O)OC1=CC3=CC(C=CC=C3)C=C12. The summed E-state index contributed by atoms with van der Waals surface area (Å²) in [5.74, 6) is -0.303. The van der Waals surface area contributed by atoms with E-state index in [9.17, 15) is 9.59 Å². The van der Waals surface area contributed by atoms with E-state index in [-0.39, 0.29) is 34.3 Å². The van der Waals surface area contributed by atoms with Crippen LogP contribution in [0.2, 0.25) is 0 Å². The molecule has 1 atom stereocenters. The van der Waals surface area contributed by atoms with Gasteiger partial charge in [-0.3, -0.25) is 9.59 Å². The number of carbonyl (C=O) groups is 1. The first-order valence-corrected chi connectivity index (χ1v) is 15.3. The minimum atomic E-state index is -0.597. The van der Waals surface area contributed by atoms with E-state index in [1.54, 1.807) is 6.20 Å². The molecule has 4 aliphatic rings. The molecule has 1 unspecified atom stereocenters. The van der Waals surface area contributed by atoms with Crippen molar-refractivity contribution in [1.82, 2.24) is 20.1 Å². The van der Waals surface area contributed by atoms with E-state index in [2.05, 4.69) is 46.8 Å². The molecule has 0 radical (unpaired) electrons. The number of fused-ring (bicyclic) bond motifs is 3. The van der Waals surface area contributed by atoms with Crippen LogP contribution in [0.4, 0.5) is 10.1 Å². The lowest BCUT2D eigenvalue weighted by atomic mass is 10.0. The Bertz CT molecular complexity index is 1670. The largest absolute Gasteiger partial charge is 0.451 e. The van der Waals surface area contributed by atoms with Gasteiger partial charge in [0.2, 0.25) is 5.43 Å². The first-order chi connectivity index (χ1) is 21.0. The fraction of sp³-hybridized carbons (Fsp3) is 0.353. The molecule has 0 saturated heterocycles. The van der Waals surface area contributed by atoms with Crippen LogP contribution in [0.15, 0.2) is 83.3 Å². The number of amides is 1. The van der Waals surface area contributed by atoms with Crippen molar-refractivity contribution in [1.29, 1.82) is 0 Å². The molecule has 2 aliphatic heterocycles. The van der Waals surface area contributed by atoms with Crippen LogP contribution in [0.5, 0.6) is 5.75 Å². The summed E-state index contributed by atoms with van der Waals surface area (Å²) < 4.78 is 24.2. The summed E-state index contributed by atoms with van der Waals surface area (Å²) in [6, 6.07) is 1.20. The van der Waals surface area contributed by atoms with Crippen molar-refractivity contribution in [2.45, 2.75) is 52.0 Å². The molecule has 0 fully saturated rings. The molecular formula is C34H38FN5O3. The van der Waals surface area contributed by atoms with Crippen molar-refractivity contribution in [3.8, 4) is 5.75 Å². The Morgan fingerprint density at radius 2 is 2.05 bits per heavy atom. The standard InChI is InChI=1S/C34H38FN5O3/c1-3-8-24(9-4-2)38-34(42)26-20-40-28-17-22-10-5-6-11-23(16-22)18-29(28)43-33-30(27(35)19-25(31(33)40)32(26)41)37-12-7-14-39-15-13-36-21-39/h5-6,10-11,13,15-20,22,24,36-37H,3-4,7-9,12,14,21H2,1-2H3,(H,38,42). The Morgan fingerprint density at radius 3 is 2.81 bits per heavy atom. The Morgan fingerprint density at radius 1 is 1.21 bits per heavy atom. The maximum atomic E-state index is 15.9. The van der Waals surface area contributed by atoms with Crippen molar-refractivity contribution >= 4 is 28.2 Å². The fourth-order valence-corrected chi connectivity index (χ4v) is 6.09. The van der Waals surface area contributed by atoms with Gasteiger partial charge in [-0.2, -0.15) is 0 Å². The Hall–Kier alpha value is -4.53. The molecule has 0 saturated carbocycles. The predicted molar refractivity (Wildman–Crippen MR) is 169 cm³/mol. The second-order valence-corrected chi connectivity index (χ2v) is 11.4. The van der Waals surface area contributed by atoms with Crippen LogP contribution in [0.3, 0.4) is 0 Å². The van der Waals surface area contributed by atoms with Crippen molar-refractivity contribution in [2.24, 2.45) is 5.92 Å². The highest BCUT2D eigenvalue weighted by Gasteiger charge is 2.31. The normalized spacial score (nSPS) is 17.9. The molecule has 1 aromatic heterocycles. The topological polar surface area (TPSA) is 87.6 Å². The molecular weight excluding hydrogens is 545 g/mol. The van der Waals surface area contributed by atoms with E-state index in [4.69, 9.17) is 4.74 Å². The first kappa shape index (κ1) is 28.6. The highest BCUT2D eigenvalue weighted by Crippen LogP contribution is 2.44. The number of hydrogen-bond donors (Lipinski definition) is 3. The lowest BCUT2D eigenvalue weighted by Gasteiger charge is -2.28. The van der Waals surface area contributed by atoms with Crippen LogP contribution in [0, 0.1) is 11.7 Å². The van der Waals surface area contributed by atoms with Crippen LogP contribution in [-0.4, -0.2) is 41.2 Å². The zero-order chi connectivity index (χ0) is 29.9. The Kier molecular flexibility index (Phi) is 8.22. The number of halogens is 1. The molecule has 8 nitrogen and oxygen atoms in total. The van der Waals surface area contributed by atoms with E-state index in [1.807, 2.05) is 47.3 Å². The summed E-state index contributed by atoms with van der Waals surface area (Å²) in [5, 5.41) is 9.56. The van der Waals surface area contributed by atoms with Crippen LogP contribution >= 0.6 is 0 Å². The number of rotatable bonds is 11. The van der Waals surface area contributed by atoms with Gasteiger partial charge in [0, 0.05) is 43.6 Å². The zero-order valence-corrected chi connectivity index (χ0v) is 24.7. The first-order valence-electron chi connectivity index (χ1n) is 15.3. The van der Waals surface area contributed by atoms with Gasteiger partial charge < -0.3 is 30.2 Å². The van der Waals surface area contributed by atoms with E-state index in [0.29, 0.717) is 23.5 Å². The third-order valence-corrected chi connectivity index (χ3v) is 8.16. The molecule has 2 aromatic rings. The number of carbonyl (C=O) groups excluding carboxylic acids is 1. The number of nitrogens with zero attached hydrogens (tertiary/aromatic N) is 2. The molecule has 3 N–H and O–H groups in total. The molecule has 224 valence electrons. The summed E-state index contributed by atoms with van der Waals surface area (Å²) in [7, 11) is 0. The molecule has 9 heteroatoms. The molecule has 43 heavy (non-hydrogen) atoms. The van der Waals surface area contributed by atoms with Crippen LogP contribution in [0.1, 0.15) is 56.3 Å². The highest BCUT2D eigenvalue weighted by molar-refractivity contribution is 6.02. The second kappa shape index (κ2) is 12.4. The predicted octanol–water partition coefficient (Wildman–Crippen LogP) is 5.77. The molecule has 2 aliphatic carbocycles. The van der Waals surface area contributed by atoms with Crippen molar-refractivity contribution in [3.63, 3.8) is 0 Å². The second-order valence-electron chi connectivity index (χ2n) is 11.4. The Labute approximate surface area is 251 Å². The Balaban J connectivity index is 1.45. The summed E-state index contributed by atoms with van der Waals surface area (Å²) >= 11 is 0. The minimum Gasteiger partial charge on any atom is -0.451 e. The number of benzene rings is 1. The maximum Gasteiger partial charge on any atom is 0.257 e. The number of hydrogen-bond acceptors (Lipinski definition) is 6. The quantitative estimate of drug-likeness (QED) is 0.291. The fourth-order valence-electron chi connectivity index (χ4n) is 6.09. The third kappa shape index (κ3) is 5.76. The van der Waals surface area contributed by atoms with Gasteiger partial charge in [-0.25, -0.2) is 4.39 Å². The van der Waals surface area contributed by atoms with Crippen molar-refractivity contribution in [2.75, 3.05) is 25.1 Å². The molecule has 6 rings (SSSR count). The maximum absolute atomic E-state index is 15.9. The molecule has 3 heterocycles. The summed E-state index contributed by atoms with van der Waals surface area (Å²) in [4.78, 5) is 29.6. The number of nitrogens with one attached hydrogen (secondary N) is 3. The highest BCUT2D eigenvalue weighted by atomic mass is 19.1. The van der Waals surface area contributed by atoms with Crippen LogP contribution < -0.4 is 26.1 Å². The lowest BCUT2D eigenvalue weighted by molar-refractivity contribution is 0.0931.